The Hall–Kier alpha value is -2.14. The van der Waals surface area contributed by atoms with Crippen LogP contribution >= 0.6 is 0 Å². The molecule has 0 aliphatic rings. The number of anilines is 1. The van der Waals surface area contributed by atoms with Gasteiger partial charge in [0.15, 0.2) is 5.69 Å². The van der Waals surface area contributed by atoms with Gasteiger partial charge in [-0.2, -0.15) is 0 Å². The fourth-order valence-electron chi connectivity index (χ4n) is 1.75. The molecule has 5 nitrogen and oxygen atoms in total. The van der Waals surface area contributed by atoms with E-state index in [9.17, 15) is 4.79 Å². The van der Waals surface area contributed by atoms with Gasteiger partial charge in [0.2, 0.25) is 5.89 Å². The Morgan fingerprint density at radius 2 is 2.15 bits per heavy atom. The number of carbonyl (C=O) groups is 1. The molecule has 0 aliphatic heterocycles. The number of aryl methyl sites for hydroxylation is 2. The highest BCUT2D eigenvalue weighted by molar-refractivity contribution is 6.02. The molecule has 3 N–H and O–H groups in total. The normalized spacial score (nSPS) is 12.2. The summed E-state index contributed by atoms with van der Waals surface area (Å²) in [5, 5.41) is 2.79. The molecular weight excluding hydrogens is 254 g/mol. The maximum Gasteiger partial charge on any atom is 0.277 e. The van der Waals surface area contributed by atoms with Gasteiger partial charge in [-0.05, 0) is 43.5 Å². The summed E-state index contributed by atoms with van der Waals surface area (Å²) in [6, 6.07) is 5.47. The van der Waals surface area contributed by atoms with Gasteiger partial charge in [-0.3, -0.25) is 4.79 Å². The lowest BCUT2D eigenvalue weighted by atomic mass is 10.1. The largest absolute Gasteiger partial charge is 0.446 e. The fourth-order valence-corrected chi connectivity index (χ4v) is 1.75. The van der Waals surface area contributed by atoms with Crippen molar-refractivity contribution in [2.75, 3.05) is 5.32 Å². The monoisotopic (exact) mass is 273 g/mol. The van der Waals surface area contributed by atoms with E-state index in [4.69, 9.17) is 10.2 Å². The summed E-state index contributed by atoms with van der Waals surface area (Å²) < 4.78 is 5.22. The van der Waals surface area contributed by atoms with Crippen molar-refractivity contribution in [1.82, 2.24) is 4.98 Å². The first-order valence-corrected chi connectivity index (χ1v) is 6.61. The molecule has 1 heterocycles. The zero-order valence-electron chi connectivity index (χ0n) is 11.9. The third-order valence-electron chi connectivity index (χ3n) is 3.28. The van der Waals surface area contributed by atoms with E-state index in [2.05, 4.69) is 10.3 Å². The van der Waals surface area contributed by atoms with E-state index in [0.29, 0.717) is 12.3 Å². The van der Waals surface area contributed by atoms with E-state index < -0.39 is 0 Å². The first kappa shape index (κ1) is 14.3. The van der Waals surface area contributed by atoms with Crippen LogP contribution in [0.15, 0.2) is 28.9 Å². The predicted octanol–water partition coefficient (Wildman–Crippen LogP) is 2.95. The van der Waals surface area contributed by atoms with Gasteiger partial charge in [0.25, 0.3) is 5.91 Å². The van der Waals surface area contributed by atoms with Crippen molar-refractivity contribution in [3.05, 3.63) is 47.2 Å². The third-order valence-corrected chi connectivity index (χ3v) is 3.28. The number of hydrogen-bond donors (Lipinski definition) is 2. The van der Waals surface area contributed by atoms with Crippen molar-refractivity contribution in [2.24, 2.45) is 5.73 Å². The van der Waals surface area contributed by atoms with Gasteiger partial charge < -0.3 is 15.5 Å². The highest BCUT2D eigenvalue weighted by Gasteiger charge is 2.16. The van der Waals surface area contributed by atoms with Crippen LogP contribution in [0, 0.1) is 13.8 Å². The molecule has 0 radical (unpaired) electrons. The molecule has 1 atom stereocenters. The van der Waals surface area contributed by atoms with Crippen molar-refractivity contribution in [2.45, 2.75) is 33.2 Å². The van der Waals surface area contributed by atoms with Gasteiger partial charge in [-0.25, -0.2) is 4.98 Å². The van der Waals surface area contributed by atoms with E-state index in [0.717, 1.165) is 11.3 Å². The molecule has 1 aromatic carbocycles. The van der Waals surface area contributed by atoms with Crippen LogP contribution < -0.4 is 11.1 Å². The Labute approximate surface area is 118 Å². The van der Waals surface area contributed by atoms with Crippen molar-refractivity contribution < 1.29 is 9.21 Å². The molecule has 0 aliphatic carbocycles. The van der Waals surface area contributed by atoms with Gasteiger partial charge in [0.1, 0.15) is 6.26 Å². The molecule has 20 heavy (non-hydrogen) atoms. The fraction of sp³-hybridized carbons (Fsp3) is 0.333. The number of oxazole rings is 1. The van der Waals surface area contributed by atoms with E-state index in [1.165, 1.54) is 11.8 Å². The van der Waals surface area contributed by atoms with Crippen LogP contribution in [0.5, 0.6) is 0 Å². The molecule has 5 heteroatoms. The third kappa shape index (κ3) is 3.05. The lowest BCUT2D eigenvalue weighted by Gasteiger charge is -2.06. The number of nitrogens with one attached hydrogen (secondary N) is 1. The van der Waals surface area contributed by atoms with Crippen molar-refractivity contribution in [1.29, 1.82) is 0 Å². The summed E-state index contributed by atoms with van der Waals surface area (Å²) in [5.41, 5.74) is 9.09. The second kappa shape index (κ2) is 5.88. The molecule has 1 unspecified atom stereocenters. The Morgan fingerprint density at radius 1 is 1.40 bits per heavy atom. The van der Waals surface area contributed by atoms with Crippen LogP contribution in [0.1, 0.15) is 46.9 Å². The smallest absolute Gasteiger partial charge is 0.277 e. The molecule has 2 rings (SSSR count). The molecule has 106 valence electrons. The molecular formula is C15H19N3O2. The summed E-state index contributed by atoms with van der Waals surface area (Å²) in [4.78, 5) is 16.2. The Balaban J connectivity index is 2.11. The Morgan fingerprint density at radius 3 is 2.80 bits per heavy atom. The lowest BCUT2D eigenvalue weighted by molar-refractivity contribution is 0.102. The van der Waals surface area contributed by atoms with Gasteiger partial charge in [-0.15, -0.1) is 0 Å². The summed E-state index contributed by atoms with van der Waals surface area (Å²) in [6.07, 6.45) is 2.04. The van der Waals surface area contributed by atoms with Crippen LogP contribution in [0.3, 0.4) is 0 Å². The molecule has 2 aromatic rings. The Kier molecular flexibility index (Phi) is 4.20. The molecule has 0 saturated carbocycles. The highest BCUT2D eigenvalue weighted by atomic mass is 16.3. The van der Waals surface area contributed by atoms with Crippen LogP contribution in [0.2, 0.25) is 0 Å². The maximum absolute atomic E-state index is 12.1. The molecule has 1 aromatic heterocycles. The van der Waals surface area contributed by atoms with E-state index in [1.54, 1.807) is 0 Å². The number of benzene rings is 1. The zero-order valence-corrected chi connectivity index (χ0v) is 11.9. The van der Waals surface area contributed by atoms with Crippen LogP contribution in [-0.2, 0) is 0 Å². The van der Waals surface area contributed by atoms with Crippen LogP contribution in [0.25, 0.3) is 0 Å². The minimum Gasteiger partial charge on any atom is -0.446 e. The number of nitrogens with two attached hydrogens (primary N) is 1. The Bertz CT molecular complexity index is 619. The molecule has 0 fully saturated rings. The first-order chi connectivity index (χ1) is 9.51. The van der Waals surface area contributed by atoms with E-state index in [1.807, 2.05) is 39.0 Å². The lowest BCUT2D eigenvalue weighted by Crippen LogP contribution is -2.14. The van der Waals surface area contributed by atoms with Gasteiger partial charge >= 0.3 is 0 Å². The number of hydrogen-bond acceptors (Lipinski definition) is 4. The minimum atomic E-state index is -0.299. The second-order valence-electron chi connectivity index (χ2n) is 4.84. The zero-order chi connectivity index (χ0) is 14.7. The quantitative estimate of drug-likeness (QED) is 0.897. The van der Waals surface area contributed by atoms with Gasteiger partial charge in [-0.1, -0.05) is 13.0 Å². The van der Waals surface area contributed by atoms with Gasteiger partial charge in [0, 0.05) is 5.69 Å². The highest BCUT2D eigenvalue weighted by Crippen LogP contribution is 2.17. The second-order valence-corrected chi connectivity index (χ2v) is 4.84. The van der Waals surface area contributed by atoms with E-state index in [-0.39, 0.29) is 17.6 Å². The van der Waals surface area contributed by atoms with Crippen molar-refractivity contribution >= 4 is 11.6 Å². The van der Waals surface area contributed by atoms with Crippen LogP contribution in [0.4, 0.5) is 5.69 Å². The summed E-state index contributed by atoms with van der Waals surface area (Å²) in [5.74, 6) is 0.0873. The van der Waals surface area contributed by atoms with E-state index >= 15 is 0 Å². The maximum atomic E-state index is 12.1. The number of nitrogens with zero attached hydrogens (tertiary/aromatic N) is 1. The van der Waals surface area contributed by atoms with Crippen molar-refractivity contribution in [3.63, 3.8) is 0 Å². The standard InChI is InChI=1S/C15H19N3O2/c1-4-12(16)15-18-13(8-20-15)14(19)17-11-6-5-9(2)10(3)7-11/h5-8,12H,4,16H2,1-3H3,(H,17,19). The van der Waals surface area contributed by atoms with Crippen molar-refractivity contribution in [3.8, 4) is 0 Å². The molecule has 1 amide bonds. The summed E-state index contributed by atoms with van der Waals surface area (Å²) >= 11 is 0. The average molecular weight is 273 g/mol. The van der Waals surface area contributed by atoms with Gasteiger partial charge in [0.05, 0.1) is 6.04 Å². The number of carbonyl (C=O) groups excluding carboxylic acids is 1. The number of rotatable bonds is 4. The SMILES string of the molecule is CCC(N)c1nc(C(=O)Nc2ccc(C)c(C)c2)co1. The minimum absolute atomic E-state index is 0.238. The molecule has 0 spiro atoms. The summed E-state index contributed by atoms with van der Waals surface area (Å²) in [7, 11) is 0. The van der Waals surface area contributed by atoms with Crippen LogP contribution in [-0.4, -0.2) is 10.9 Å². The molecule has 0 bridgehead atoms. The molecule has 0 saturated heterocycles. The number of amides is 1. The average Bonchev–Trinajstić information content (AvgIpc) is 2.92. The summed E-state index contributed by atoms with van der Waals surface area (Å²) in [6.45, 7) is 5.96. The first-order valence-electron chi connectivity index (χ1n) is 6.61. The number of aromatic nitrogens is 1. The topological polar surface area (TPSA) is 81.1 Å². The predicted molar refractivity (Wildman–Crippen MR) is 77.6 cm³/mol.